The molecule has 3 atom stereocenters. The molecule has 3 unspecified atom stereocenters. The number of rotatable bonds is 7. The van der Waals surface area contributed by atoms with Gasteiger partial charge >= 0.3 is 0 Å². The lowest BCUT2D eigenvalue weighted by Crippen LogP contribution is -2.19. The van der Waals surface area contributed by atoms with Gasteiger partial charge < -0.3 is 5.73 Å². The minimum Gasteiger partial charge on any atom is -0.330 e. The predicted molar refractivity (Wildman–Crippen MR) is 60.7 cm³/mol. The van der Waals surface area contributed by atoms with Gasteiger partial charge in [0.25, 0.3) is 0 Å². The van der Waals surface area contributed by atoms with Gasteiger partial charge in [-0.3, -0.25) is 0 Å². The van der Waals surface area contributed by atoms with E-state index in [4.69, 9.17) is 5.73 Å². The van der Waals surface area contributed by atoms with Gasteiger partial charge in [0, 0.05) is 0 Å². The van der Waals surface area contributed by atoms with E-state index in [1.807, 2.05) is 0 Å². The third kappa shape index (κ3) is 4.66. The lowest BCUT2D eigenvalue weighted by Gasteiger charge is -2.27. The van der Waals surface area contributed by atoms with Crippen LogP contribution in [0.3, 0.4) is 0 Å². The molecular weight excluding hydrogens is 158 g/mol. The average molecular weight is 185 g/mol. The Labute approximate surface area is 84.1 Å². The first-order chi connectivity index (χ1) is 6.17. The standard InChI is InChI=1S/C12H27N/c1-5-10(3)11(4)12(6-2)8-7-9-13/h10-12H,5-9,13H2,1-4H3. The topological polar surface area (TPSA) is 26.0 Å². The fraction of sp³-hybridized carbons (Fsp3) is 1.00. The molecule has 0 spiro atoms. The Morgan fingerprint density at radius 2 is 1.69 bits per heavy atom. The average Bonchev–Trinajstić information content (AvgIpc) is 2.17. The van der Waals surface area contributed by atoms with Crippen LogP contribution in [0.2, 0.25) is 0 Å². The molecule has 2 N–H and O–H groups in total. The molecule has 0 saturated carbocycles. The highest BCUT2D eigenvalue weighted by atomic mass is 14.5. The highest BCUT2D eigenvalue weighted by molar-refractivity contribution is 4.70. The van der Waals surface area contributed by atoms with Gasteiger partial charge in [0.1, 0.15) is 0 Å². The molecule has 0 aromatic carbocycles. The van der Waals surface area contributed by atoms with Gasteiger partial charge in [0.15, 0.2) is 0 Å². The quantitative estimate of drug-likeness (QED) is 0.646. The lowest BCUT2D eigenvalue weighted by atomic mass is 9.79. The van der Waals surface area contributed by atoms with Crippen LogP contribution in [-0.4, -0.2) is 6.54 Å². The van der Waals surface area contributed by atoms with Crippen LogP contribution in [0.5, 0.6) is 0 Å². The van der Waals surface area contributed by atoms with Gasteiger partial charge in [-0.25, -0.2) is 0 Å². The third-order valence-electron chi connectivity index (χ3n) is 3.59. The van der Waals surface area contributed by atoms with Crippen LogP contribution >= 0.6 is 0 Å². The fourth-order valence-corrected chi connectivity index (χ4v) is 2.06. The molecule has 0 aliphatic carbocycles. The van der Waals surface area contributed by atoms with Crippen molar-refractivity contribution in [2.45, 2.75) is 53.4 Å². The summed E-state index contributed by atoms with van der Waals surface area (Å²) in [5.41, 5.74) is 5.54. The smallest absolute Gasteiger partial charge is 0.00772 e. The second-order valence-corrected chi connectivity index (χ2v) is 4.34. The molecule has 1 heteroatoms. The van der Waals surface area contributed by atoms with Gasteiger partial charge in [-0.15, -0.1) is 0 Å². The second-order valence-electron chi connectivity index (χ2n) is 4.34. The van der Waals surface area contributed by atoms with E-state index < -0.39 is 0 Å². The Morgan fingerprint density at radius 3 is 2.08 bits per heavy atom. The molecule has 0 aromatic heterocycles. The minimum absolute atomic E-state index is 0.851. The van der Waals surface area contributed by atoms with E-state index in [2.05, 4.69) is 27.7 Å². The third-order valence-corrected chi connectivity index (χ3v) is 3.59. The van der Waals surface area contributed by atoms with Crippen LogP contribution in [0.15, 0.2) is 0 Å². The first kappa shape index (κ1) is 13.0. The van der Waals surface area contributed by atoms with Gasteiger partial charge in [0.05, 0.1) is 0 Å². The maximum absolute atomic E-state index is 5.54. The Kier molecular flexibility index (Phi) is 7.35. The highest BCUT2D eigenvalue weighted by Crippen LogP contribution is 2.28. The Hall–Kier alpha value is -0.0400. The zero-order valence-corrected chi connectivity index (χ0v) is 9.84. The first-order valence-corrected chi connectivity index (χ1v) is 5.87. The van der Waals surface area contributed by atoms with Crippen molar-refractivity contribution in [3.05, 3.63) is 0 Å². The largest absolute Gasteiger partial charge is 0.330 e. The van der Waals surface area contributed by atoms with Crippen LogP contribution in [0.25, 0.3) is 0 Å². The molecule has 0 amide bonds. The Morgan fingerprint density at radius 1 is 1.08 bits per heavy atom. The molecule has 0 aromatic rings. The van der Waals surface area contributed by atoms with Crippen LogP contribution in [-0.2, 0) is 0 Å². The van der Waals surface area contributed by atoms with Crippen LogP contribution in [0.4, 0.5) is 0 Å². The van der Waals surface area contributed by atoms with E-state index in [-0.39, 0.29) is 0 Å². The molecule has 0 aliphatic rings. The van der Waals surface area contributed by atoms with Crippen molar-refractivity contribution in [1.29, 1.82) is 0 Å². The predicted octanol–water partition coefficient (Wildman–Crippen LogP) is 3.43. The van der Waals surface area contributed by atoms with E-state index in [1.165, 1.54) is 25.7 Å². The summed E-state index contributed by atoms with van der Waals surface area (Å²) in [5.74, 6) is 2.61. The molecule has 0 radical (unpaired) electrons. The fourth-order valence-electron chi connectivity index (χ4n) is 2.06. The van der Waals surface area contributed by atoms with E-state index in [0.717, 1.165) is 24.3 Å². The molecule has 13 heavy (non-hydrogen) atoms. The Balaban J connectivity index is 3.90. The van der Waals surface area contributed by atoms with Crippen molar-refractivity contribution in [1.82, 2.24) is 0 Å². The van der Waals surface area contributed by atoms with Crippen LogP contribution in [0, 0.1) is 17.8 Å². The monoisotopic (exact) mass is 185 g/mol. The molecule has 0 saturated heterocycles. The zero-order valence-electron chi connectivity index (χ0n) is 9.84. The minimum atomic E-state index is 0.851. The van der Waals surface area contributed by atoms with Crippen molar-refractivity contribution < 1.29 is 0 Å². The molecule has 0 rings (SSSR count). The summed E-state index contributed by atoms with van der Waals surface area (Å²) in [6.07, 6.45) is 5.13. The SMILES string of the molecule is CCC(C)C(C)C(CC)CCCN. The molecule has 80 valence electrons. The van der Waals surface area contributed by atoms with Gasteiger partial charge in [-0.05, 0) is 37.1 Å². The van der Waals surface area contributed by atoms with Crippen molar-refractivity contribution in [3.63, 3.8) is 0 Å². The molecule has 0 bridgehead atoms. The molecule has 1 nitrogen and oxygen atoms in total. The van der Waals surface area contributed by atoms with Crippen LogP contribution < -0.4 is 5.73 Å². The maximum atomic E-state index is 5.54. The number of hydrogen-bond acceptors (Lipinski definition) is 1. The molecule has 0 fully saturated rings. The second kappa shape index (κ2) is 7.37. The summed E-state index contributed by atoms with van der Waals surface area (Å²) in [6.45, 7) is 10.2. The van der Waals surface area contributed by atoms with Crippen molar-refractivity contribution in [2.75, 3.05) is 6.54 Å². The summed E-state index contributed by atoms with van der Waals surface area (Å²) in [6, 6.07) is 0. The van der Waals surface area contributed by atoms with Crippen molar-refractivity contribution in [3.8, 4) is 0 Å². The summed E-state index contributed by atoms with van der Waals surface area (Å²) < 4.78 is 0. The van der Waals surface area contributed by atoms with Crippen molar-refractivity contribution in [2.24, 2.45) is 23.5 Å². The number of nitrogens with two attached hydrogens (primary N) is 1. The molecule has 0 aliphatic heterocycles. The zero-order chi connectivity index (χ0) is 10.3. The summed E-state index contributed by atoms with van der Waals surface area (Å²) in [5, 5.41) is 0. The van der Waals surface area contributed by atoms with Gasteiger partial charge in [0.2, 0.25) is 0 Å². The van der Waals surface area contributed by atoms with Crippen LogP contribution in [0.1, 0.15) is 53.4 Å². The maximum Gasteiger partial charge on any atom is -0.00772 e. The van der Waals surface area contributed by atoms with E-state index in [9.17, 15) is 0 Å². The summed E-state index contributed by atoms with van der Waals surface area (Å²) in [7, 11) is 0. The lowest BCUT2D eigenvalue weighted by molar-refractivity contribution is 0.234. The van der Waals surface area contributed by atoms with E-state index in [1.54, 1.807) is 0 Å². The van der Waals surface area contributed by atoms with E-state index in [0.29, 0.717) is 0 Å². The summed E-state index contributed by atoms with van der Waals surface area (Å²) >= 11 is 0. The van der Waals surface area contributed by atoms with Gasteiger partial charge in [-0.1, -0.05) is 40.5 Å². The normalized spacial score (nSPS) is 18.2. The summed E-state index contributed by atoms with van der Waals surface area (Å²) in [4.78, 5) is 0. The highest BCUT2D eigenvalue weighted by Gasteiger charge is 2.19. The number of hydrogen-bond donors (Lipinski definition) is 1. The molecular formula is C12H27N. The van der Waals surface area contributed by atoms with E-state index >= 15 is 0 Å². The first-order valence-electron chi connectivity index (χ1n) is 5.87. The van der Waals surface area contributed by atoms with Gasteiger partial charge in [-0.2, -0.15) is 0 Å². The van der Waals surface area contributed by atoms with Crippen molar-refractivity contribution >= 4 is 0 Å². The Bertz CT molecular complexity index is 112. The molecule has 0 heterocycles.